The fourth-order valence-corrected chi connectivity index (χ4v) is 1.39. The van der Waals surface area contributed by atoms with Crippen LogP contribution in [0.4, 0.5) is 5.82 Å². The van der Waals surface area contributed by atoms with Crippen LogP contribution in [0.15, 0.2) is 12.4 Å². The maximum Gasteiger partial charge on any atom is 0.271 e. The van der Waals surface area contributed by atoms with Crippen molar-refractivity contribution in [3.8, 4) is 0 Å². The molecule has 0 saturated heterocycles. The van der Waals surface area contributed by atoms with E-state index in [9.17, 15) is 9.59 Å². The molecule has 4 N–H and O–H groups in total. The van der Waals surface area contributed by atoms with Gasteiger partial charge in [0.15, 0.2) is 0 Å². The zero-order valence-corrected chi connectivity index (χ0v) is 10.4. The molecular formula is C11H17N5O2. The molecule has 0 aliphatic heterocycles. The van der Waals surface area contributed by atoms with Crippen molar-refractivity contribution < 1.29 is 9.59 Å². The van der Waals surface area contributed by atoms with E-state index in [1.807, 2.05) is 6.92 Å². The maximum atomic E-state index is 11.8. The molecule has 0 saturated carbocycles. The Kier molecular flexibility index (Phi) is 5.04. The molecule has 7 nitrogen and oxygen atoms in total. The largest absolute Gasteiger partial charge is 0.370 e. The number of rotatable bonds is 6. The molecule has 0 aliphatic rings. The van der Waals surface area contributed by atoms with Gasteiger partial charge in [-0.1, -0.05) is 0 Å². The average Bonchev–Trinajstić information content (AvgIpc) is 2.28. The molecular weight excluding hydrogens is 234 g/mol. The summed E-state index contributed by atoms with van der Waals surface area (Å²) in [5.74, 6) is -0.306. The Bertz CT molecular complexity index is 435. The molecule has 0 aromatic carbocycles. The van der Waals surface area contributed by atoms with Crippen LogP contribution in [0, 0.1) is 0 Å². The fourth-order valence-electron chi connectivity index (χ4n) is 1.39. The Morgan fingerprint density at radius 1 is 1.44 bits per heavy atom. The Balaban J connectivity index is 2.66. The standard InChI is InChI=1S/C11H17N5O2/c1-3-14-10-6-13-5-8(16-10)11(18)15-7(2)4-9(12)17/h5-7H,3-4H2,1-2H3,(H2,12,17)(H,14,16)(H,15,18). The van der Waals surface area contributed by atoms with E-state index >= 15 is 0 Å². The van der Waals surface area contributed by atoms with Gasteiger partial charge in [-0.25, -0.2) is 4.98 Å². The first kappa shape index (κ1) is 13.9. The first-order valence-corrected chi connectivity index (χ1v) is 5.68. The van der Waals surface area contributed by atoms with Crippen LogP contribution >= 0.6 is 0 Å². The summed E-state index contributed by atoms with van der Waals surface area (Å²) in [6.45, 7) is 4.31. The molecule has 1 heterocycles. The van der Waals surface area contributed by atoms with Gasteiger partial charge >= 0.3 is 0 Å². The molecule has 18 heavy (non-hydrogen) atoms. The molecule has 0 spiro atoms. The minimum Gasteiger partial charge on any atom is -0.370 e. The predicted octanol–water partition coefficient (Wildman–Crippen LogP) is -0.0979. The summed E-state index contributed by atoms with van der Waals surface area (Å²) in [6.07, 6.45) is 2.99. The number of aromatic nitrogens is 2. The predicted molar refractivity (Wildman–Crippen MR) is 66.9 cm³/mol. The SMILES string of the molecule is CCNc1cncc(C(=O)NC(C)CC(N)=O)n1. The second kappa shape index (κ2) is 6.53. The van der Waals surface area contributed by atoms with E-state index in [1.54, 1.807) is 6.92 Å². The summed E-state index contributed by atoms with van der Waals surface area (Å²) in [5, 5.41) is 5.59. The van der Waals surface area contributed by atoms with Gasteiger partial charge in [-0.05, 0) is 13.8 Å². The van der Waals surface area contributed by atoms with Crippen molar-refractivity contribution in [1.82, 2.24) is 15.3 Å². The highest BCUT2D eigenvalue weighted by molar-refractivity contribution is 5.92. The zero-order valence-electron chi connectivity index (χ0n) is 10.4. The highest BCUT2D eigenvalue weighted by Gasteiger charge is 2.13. The van der Waals surface area contributed by atoms with Crippen molar-refractivity contribution in [2.45, 2.75) is 26.3 Å². The lowest BCUT2D eigenvalue weighted by molar-refractivity contribution is -0.118. The molecule has 1 rings (SSSR count). The number of carbonyl (C=O) groups is 2. The molecule has 0 fully saturated rings. The second-order valence-corrected chi connectivity index (χ2v) is 3.86. The van der Waals surface area contributed by atoms with Gasteiger partial charge in [0.2, 0.25) is 5.91 Å². The van der Waals surface area contributed by atoms with E-state index in [0.29, 0.717) is 12.4 Å². The van der Waals surface area contributed by atoms with Gasteiger partial charge in [0.1, 0.15) is 11.5 Å². The van der Waals surface area contributed by atoms with Crippen LogP contribution in [0.1, 0.15) is 30.8 Å². The van der Waals surface area contributed by atoms with Crippen molar-refractivity contribution in [1.29, 1.82) is 0 Å². The Hall–Kier alpha value is -2.18. The third-order valence-corrected chi connectivity index (χ3v) is 2.11. The van der Waals surface area contributed by atoms with Crippen molar-refractivity contribution in [2.75, 3.05) is 11.9 Å². The molecule has 1 unspecified atom stereocenters. The van der Waals surface area contributed by atoms with E-state index in [2.05, 4.69) is 20.6 Å². The van der Waals surface area contributed by atoms with Crippen LogP contribution in [0.25, 0.3) is 0 Å². The summed E-state index contributed by atoms with van der Waals surface area (Å²) < 4.78 is 0. The van der Waals surface area contributed by atoms with Gasteiger partial charge in [-0.2, -0.15) is 0 Å². The summed E-state index contributed by atoms with van der Waals surface area (Å²) in [6, 6.07) is -0.334. The van der Waals surface area contributed by atoms with Crippen molar-refractivity contribution in [2.24, 2.45) is 5.73 Å². The smallest absolute Gasteiger partial charge is 0.271 e. The highest BCUT2D eigenvalue weighted by atomic mass is 16.2. The minimum atomic E-state index is -0.463. The van der Waals surface area contributed by atoms with Crippen LogP contribution in [0.5, 0.6) is 0 Å². The summed E-state index contributed by atoms with van der Waals surface area (Å²) in [4.78, 5) is 30.5. The Morgan fingerprint density at radius 2 is 2.17 bits per heavy atom. The van der Waals surface area contributed by atoms with Crippen LogP contribution in [0.2, 0.25) is 0 Å². The third kappa shape index (κ3) is 4.36. The number of nitrogens with one attached hydrogen (secondary N) is 2. The van der Waals surface area contributed by atoms with E-state index in [4.69, 9.17) is 5.73 Å². The van der Waals surface area contributed by atoms with Crippen LogP contribution in [0.3, 0.4) is 0 Å². The molecule has 0 radical (unpaired) electrons. The number of anilines is 1. The lowest BCUT2D eigenvalue weighted by Crippen LogP contribution is -2.36. The number of hydrogen-bond acceptors (Lipinski definition) is 5. The van der Waals surface area contributed by atoms with Crippen LogP contribution in [-0.4, -0.2) is 34.4 Å². The molecule has 0 aliphatic carbocycles. The van der Waals surface area contributed by atoms with Gasteiger partial charge in [-0.3, -0.25) is 14.6 Å². The number of hydrogen-bond donors (Lipinski definition) is 3. The normalized spacial score (nSPS) is 11.7. The van der Waals surface area contributed by atoms with Crippen LogP contribution in [-0.2, 0) is 4.79 Å². The van der Waals surface area contributed by atoms with E-state index in [0.717, 1.165) is 0 Å². The minimum absolute atomic E-state index is 0.0894. The van der Waals surface area contributed by atoms with Crippen molar-refractivity contribution >= 4 is 17.6 Å². The lowest BCUT2D eigenvalue weighted by Gasteiger charge is -2.11. The number of nitrogens with zero attached hydrogens (tertiary/aromatic N) is 2. The second-order valence-electron chi connectivity index (χ2n) is 3.86. The highest BCUT2D eigenvalue weighted by Crippen LogP contribution is 2.02. The summed E-state index contributed by atoms with van der Waals surface area (Å²) in [5.41, 5.74) is 5.24. The van der Waals surface area contributed by atoms with E-state index in [1.165, 1.54) is 12.4 Å². The van der Waals surface area contributed by atoms with Gasteiger partial charge in [0.05, 0.1) is 12.4 Å². The topological polar surface area (TPSA) is 110 Å². The van der Waals surface area contributed by atoms with Gasteiger partial charge < -0.3 is 16.4 Å². The quantitative estimate of drug-likeness (QED) is 0.654. The lowest BCUT2D eigenvalue weighted by atomic mass is 10.2. The fraction of sp³-hybridized carbons (Fsp3) is 0.455. The Morgan fingerprint density at radius 3 is 2.78 bits per heavy atom. The molecule has 1 atom stereocenters. The van der Waals surface area contributed by atoms with Crippen LogP contribution < -0.4 is 16.4 Å². The summed E-state index contributed by atoms with van der Waals surface area (Å²) in [7, 11) is 0. The molecule has 7 heteroatoms. The van der Waals surface area contributed by atoms with Crippen molar-refractivity contribution in [3.63, 3.8) is 0 Å². The number of amides is 2. The van der Waals surface area contributed by atoms with E-state index in [-0.39, 0.29) is 24.1 Å². The number of primary amides is 1. The molecule has 98 valence electrons. The summed E-state index contributed by atoms with van der Waals surface area (Å²) >= 11 is 0. The molecule has 1 aromatic heterocycles. The van der Waals surface area contributed by atoms with Gasteiger partial charge in [-0.15, -0.1) is 0 Å². The van der Waals surface area contributed by atoms with Crippen molar-refractivity contribution in [3.05, 3.63) is 18.1 Å². The molecule has 1 aromatic rings. The van der Waals surface area contributed by atoms with Gasteiger partial charge in [0.25, 0.3) is 5.91 Å². The monoisotopic (exact) mass is 251 g/mol. The number of nitrogens with two attached hydrogens (primary N) is 1. The number of carbonyl (C=O) groups excluding carboxylic acids is 2. The molecule has 2 amide bonds. The van der Waals surface area contributed by atoms with E-state index < -0.39 is 5.91 Å². The first-order valence-electron chi connectivity index (χ1n) is 5.68. The molecule has 0 bridgehead atoms. The average molecular weight is 251 g/mol. The van der Waals surface area contributed by atoms with Gasteiger partial charge in [0, 0.05) is 19.0 Å². The Labute approximate surface area is 105 Å². The first-order chi connectivity index (χ1) is 8.52. The zero-order chi connectivity index (χ0) is 13.5. The third-order valence-electron chi connectivity index (χ3n) is 2.11. The maximum absolute atomic E-state index is 11.8.